The van der Waals surface area contributed by atoms with Gasteiger partial charge >= 0.3 is 11.9 Å². The summed E-state index contributed by atoms with van der Waals surface area (Å²) in [6.07, 6.45) is -0.740. The molecule has 1 N–H and O–H groups in total. The summed E-state index contributed by atoms with van der Waals surface area (Å²) >= 11 is 6.05. The average Bonchev–Trinajstić information content (AvgIpc) is 2.91. The maximum Gasteiger partial charge on any atom is 0.353 e. The minimum atomic E-state index is -1.57. The first-order chi connectivity index (χ1) is 18.5. The van der Waals surface area contributed by atoms with Gasteiger partial charge in [-0.15, -0.1) is 0 Å². The van der Waals surface area contributed by atoms with Gasteiger partial charge in [-0.25, -0.2) is 4.79 Å². The van der Waals surface area contributed by atoms with Gasteiger partial charge in [0.05, 0.1) is 11.6 Å². The normalized spacial score (nSPS) is 13.3. The number of nitrogens with one attached hydrogen (secondary N) is 1. The van der Waals surface area contributed by atoms with Gasteiger partial charge in [-0.1, -0.05) is 66.2 Å². The zero-order valence-electron chi connectivity index (χ0n) is 22.3. The maximum atomic E-state index is 13.4. The van der Waals surface area contributed by atoms with E-state index in [2.05, 4.69) is 11.4 Å². The van der Waals surface area contributed by atoms with Crippen LogP contribution in [0.1, 0.15) is 62.0 Å². The molecule has 8 heteroatoms. The van der Waals surface area contributed by atoms with Crippen molar-refractivity contribution in [2.45, 2.75) is 57.8 Å². The standard InChI is InChI=1S/C31H31ClN2O5/c1-20(27(18-22-13-15-26(32)16-14-22)25-12-8-9-23(17-25)19-33)34-30(37)31(3,4)39-29(36)28(38-21(2)35)24-10-6-5-7-11-24/h5-17,20,27-28H,18H2,1-4H3,(H,34,37)/t20?,27?,28-/m0/s1. The largest absolute Gasteiger partial charge is 0.447 e. The fraction of sp³-hybridized carbons (Fsp3) is 0.290. The minimum absolute atomic E-state index is 0.201. The molecule has 202 valence electrons. The second kappa shape index (κ2) is 13.1. The van der Waals surface area contributed by atoms with Crippen molar-refractivity contribution in [2.24, 2.45) is 0 Å². The molecule has 2 unspecified atom stereocenters. The predicted molar refractivity (Wildman–Crippen MR) is 148 cm³/mol. The molecule has 7 nitrogen and oxygen atoms in total. The van der Waals surface area contributed by atoms with Crippen LogP contribution in [0.5, 0.6) is 0 Å². The van der Waals surface area contributed by atoms with E-state index in [0.29, 0.717) is 22.6 Å². The maximum absolute atomic E-state index is 13.4. The zero-order valence-corrected chi connectivity index (χ0v) is 23.1. The van der Waals surface area contributed by atoms with Crippen LogP contribution in [-0.4, -0.2) is 29.5 Å². The van der Waals surface area contributed by atoms with E-state index >= 15 is 0 Å². The van der Waals surface area contributed by atoms with Gasteiger partial charge in [0.1, 0.15) is 0 Å². The van der Waals surface area contributed by atoms with Crippen LogP contribution in [0.2, 0.25) is 5.02 Å². The third-order valence-corrected chi connectivity index (χ3v) is 6.53. The molecule has 0 heterocycles. The Morgan fingerprint density at radius 2 is 1.62 bits per heavy atom. The lowest BCUT2D eigenvalue weighted by atomic mass is 9.85. The molecule has 3 atom stereocenters. The summed E-state index contributed by atoms with van der Waals surface area (Å²) in [6, 6.07) is 24.9. The number of nitrogens with zero attached hydrogens (tertiary/aromatic N) is 1. The molecule has 0 aliphatic rings. The van der Waals surface area contributed by atoms with Crippen LogP contribution in [-0.2, 0) is 30.3 Å². The highest BCUT2D eigenvalue weighted by molar-refractivity contribution is 6.30. The number of hydrogen-bond acceptors (Lipinski definition) is 6. The Morgan fingerprint density at radius 1 is 0.974 bits per heavy atom. The molecule has 39 heavy (non-hydrogen) atoms. The highest BCUT2D eigenvalue weighted by atomic mass is 35.5. The van der Waals surface area contributed by atoms with Crippen molar-refractivity contribution in [1.82, 2.24) is 5.32 Å². The van der Waals surface area contributed by atoms with Crippen molar-refractivity contribution < 1.29 is 23.9 Å². The first-order valence-electron chi connectivity index (χ1n) is 12.5. The lowest BCUT2D eigenvalue weighted by molar-refractivity contribution is -0.180. The van der Waals surface area contributed by atoms with E-state index in [-0.39, 0.29) is 5.92 Å². The van der Waals surface area contributed by atoms with Gasteiger partial charge in [0.15, 0.2) is 5.60 Å². The van der Waals surface area contributed by atoms with Gasteiger partial charge in [-0.05, 0) is 62.6 Å². The summed E-state index contributed by atoms with van der Waals surface area (Å²) in [5.74, 6) is -2.23. The van der Waals surface area contributed by atoms with E-state index < -0.39 is 35.6 Å². The van der Waals surface area contributed by atoms with E-state index in [0.717, 1.165) is 11.1 Å². The van der Waals surface area contributed by atoms with Crippen LogP contribution >= 0.6 is 11.6 Å². The number of halogens is 1. The second-order valence-corrected chi connectivity index (χ2v) is 10.2. The Hall–Kier alpha value is -4.15. The quantitative estimate of drug-likeness (QED) is 0.328. The Labute approximate surface area is 233 Å². The molecule has 0 aliphatic heterocycles. The van der Waals surface area contributed by atoms with E-state index in [1.165, 1.54) is 20.8 Å². The Kier molecular flexibility index (Phi) is 9.86. The van der Waals surface area contributed by atoms with Crippen LogP contribution in [0.4, 0.5) is 0 Å². The number of ether oxygens (including phenoxy) is 2. The number of nitriles is 1. The molecular weight excluding hydrogens is 516 g/mol. The molecule has 3 rings (SSSR count). The third-order valence-electron chi connectivity index (χ3n) is 6.28. The molecule has 0 fully saturated rings. The number of rotatable bonds is 10. The van der Waals surface area contributed by atoms with Crippen LogP contribution in [0.3, 0.4) is 0 Å². The molecule has 1 amide bonds. The van der Waals surface area contributed by atoms with Gasteiger partial charge in [0.25, 0.3) is 5.91 Å². The van der Waals surface area contributed by atoms with Gasteiger partial charge in [-0.2, -0.15) is 5.26 Å². The van der Waals surface area contributed by atoms with Crippen molar-refractivity contribution in [2.75, 3.05) is 0 Å². The molecule has 0 radical (unpaired) electrons. The molecule has 0 spiro atoms. The molecule has 0 aromatic heterocycles. The summed E-state index contributed by atoms with van der Waals surface area (Å²) in [6.45, 7) is 6.02. The first kappa shape index (κ1) is 29.4. The van der Waals surface area contributed by atoms with Crippen LogP contribution in [0.15, 0.2) is 78.9 Å². The van der Waals surface area contributed by atoms with E-state index in [9.17, 15) is 19.6 Å². The van der Waals surface area contributed by atoms with Crippen molar-refractivity contribution in [1.29, 1.82) is 5.26 Å². The molecule has 3 aromatic carbocycles. The third kappa shape index (κ3) is 8.17. The van der Waals surface area contributed by atoms with Crippen LogP contribution < -0.4 is 5.32 Å². The predicted octanol–water partition coefficient (Wildman–Crippen LogP) is 5.67. The van der Waals surface area contributed by atoms with Crippen LogP contribution in [0, 0.1) is 11.3 Å². The SMILES string of the molecule is CC(=O)O[C@H](C(=O)OC(C)(C)C(=O)NC(C)C(Cc1ccc(Cl)cc1)c1cccc(C#N)c1)c1ccccc1. The number of carbonyl (C=O) groups excluding carboxylic acids is 3. The van der Waals surface area contributed by atoms with Crippen molar-refractivity contribution >= 4 is 29.4 Å². The number of amides is 1. The Morgan fingerprint density at radius 3 is 2.23 bits per heavy atom. The fourth-order valence-corrected chi connectivity index (χ4v) is 4.30. The number of carbonyl (C=O) groups is 3. The monoisotopic (exact) mass is 546 g/mol. The minimum Gasteiger partial charge on any atom is -0.447 e. The summed E-state index contributed by atoms with van der Waals surface area (Å²) in [5.41, 5.74) is 1.26. The lowest BCUT2D eigenvalue weighted by Gasteiger charge is -2.31. The average molecular weight is 547 g/mol. The fourth-order valence-electron chi connectivity index (χ4n) is 4.18. The van der Waals surface area contributed by atoms with Crippen molar-refractivity contribution in [3.63, 3.8) is 0 Å². The van der Waals surface area contributed by atoms with E-state index in [1.807, 2.05) is 31.2 Å². The van der Waals surface area contributed by atoms with Gasteiger partial charge in [-0.3, -0.25) is 9.59 Å². The molecule has 3 aromatic rings. The number of benzene rings is 3. The van der Waals surface area contributed by atoms with Gasteiger partial charge in [0, 0.05) is 29.5 Å². The summed E-state index contributed by atoms with van der Waals surface area (Å²) in [4.78, 5) is 38.1. The smallest absolute Gasteiger partial charge is 0.353 e. The zero-order chi connectivity index (χ0) is 28.6. The van der Waals surface area contributed by atoms with E-state index in [4.69, 9.17) is 21.1 Å². The van der Waals surface area contributed by atoms with E-state index in [1.54, 1.807) is 54.6 Å². The second-order valence-electron chi connectivity index (χ2n) is 9.77. The van der Waals surface area contributed by atoms with Crippen molar-refractivity contribution in [3.8, 4) is 6.07 Å². The molecule has 0 saturated carbocycles. The molecular formula is C31H31ClN2O5. The number of hydrogen-bond donors (Lipinski definition) is 1. The lowest BCUT2D eigenvalue weighted by Crippen LogP contribution is -2.50. The number of esters is 2. The summed E-state index contributed by atoms with van der Waals surface area (Å²) in [5, 5.41) is 13.0. The van der Waals surface area contributed by atoms with Crippen LogP contribution in [0.25, 0.3) is 0 Å². The summed E-state index contributed by atoms with van der Waals surface area (Å²) < 4.78 is 10.8. The molecule has 0 saturated heterocycles. The van der Waals surface area contributed by atoms with Gasteiger partial charge in [0.2, 0.25) is 6.10 Å². The summed E-state index contributed by atoms with van der Waals surface area (Å²) in [7, 11) is 0. The van der Waals surface area contributed by atoms with Gasteiger partial charge < -0.3 is 14.8 Å². The molecule has 0 aliphatic carbocycles. The highest BCUT2D eigenvalue weighted by Crippen LogP contribution is 2.28. The topological polar surface area (TPSA) is 105 Å². The Balaban J connectivity index is 1.80. The Bertz CT molecular complexity index is 1350. The molecule has 0 bridgehead atoms. The van der Waals surface area contributed by atoms with Crippen molar-refractivity contribution in [3.05, 3.63) is 106 Å². The highest BCUT2D eigenvalue weighted by Gasteiger charge is 2.38. The first-order valence-corrected chi connectivity index (χ1v) is 12.9.